The van der Waals surface area contributed by atoms with Gasteiger partial charge < -0.3 is 28.8 Å². The third kappa shape index (κ3) is 9.08. The van der Waals surface area contributed by atoms with Crippen molar-refractivity contribution < 1.29 is 33.6 Å². The quantitative estimate of drug-likeness (QED) is 0.239. The Kier molecular flexibility index (Phi) is 10.1. The fourth-order valence-electron chi connectivity index (χ4n) is 1.74. The molecule has 0 saturated heterocycles. The second-order valence-corrected chi connectivity index (χ2v) is 7.02. The molecule has 7 heteroatoms. The van der Waals surface area contributed by atoms with E-state index in [4.69, 9.17) is 23.7 Å². The summed E-state index contributed by atoms with van der Waals surface area (Å²) in [6.07, 6.45) is 1.51. The van der Waals surface area contributed by atoms with E-state index in [1.165, 1.54) is 12.1 Å². The van der Waals surface area contributed by atoms with Crippen LogP contribution in [0.5, 0.6) is 17.2 Å². The van der Waals surface area contributed by atoms with Gasteiger partial charge in [-0.1, -0.05) is 6.92 Å². The van der Waals surface area contributed by atoms with Crippen molar-refractivity contribution in [2.45, 2.75) is 53.6 Å². The van der Waals surface area contributed by atoms with Gasteiger partial charge in [0.1, 0.15) is 12.5 Å². The smallest absolute Gasteiger partial charge is 0.316 e. The highest BCUT2D eigenvalue weighted by atomic mass is 16.7. The molecule has 0 aromatic heterocycles. The summed E-state index contributed by atoms with van der Waals surface area (Å²) >= 11 is 0. The molecule has 7 nitrogen and oxygen atoms in total. The minimum atomic E-state index is -0.580. The summed E-state index contributed by atoms with van der Waals surface area (Å²) in [7, 11) is 0. The van der Waals surface area contributed by atoms with Crippen LogP contribution < -0.4 is 9.47 Å². The zero-order valence-electron chi connectivity index (χ0n) is 16.9. The maximum atomic E-state index is 12.1. The number of esters is 1. The first-order valence-corrected chi connectivity index (χ1v) is 9.21. The van der Waals surface area contributed by atoms with Crippen LogP contribution in [0.25, 0.3) is 0 Å². The molecule has 0 unspecified atom stereocenters. The van der Waals surface area contributed by atoms with Crippen molar-refractivity contribution in [3.8, 4) is 17.2 Å². The summed E-state index contributed by atoms with van der Waals surface area (Å²) in [5.74, 6) is 0.0639. The molecule has 0 atom stereocenters. The predicted molar refractivity (Wildman–Crippen MR) is 101 cm³/mol. The lowest BCUT2D eigenvalue weighted by molar-refractivity contribution is -0.144. The summed E-state index contributed by atoms with van der Waals surface area (Å²) in [5, 5.41) is 10.0. The van der Waals surface area contributed by atoms with Gasteiger partial charge in [-0.25, -0.2) is 0 Å². The highest BCUT2D eigenvalue weighted by Crippen LogP contribution is 2.31. The van der Waals surface area contributed by atoms with Crippen LogP contribution in [0.2, 0.25) is 0 Å². The molecular weight excluding hydrogens is 352 g/mol. The Bertz CT molecular complexity index is 569. The van der Waals surface area contributed by atoms with Gasteiger partial charge in [0.15, 0.2) is 18.3 Å². The van der Waals surface area contributed by atoms with Crippen molar-refractivity contribution in [2.75, 3.05) is 26.8 Å². The van der Waals surface area contributed by atoms with Gasteiger partial charge in [-0.15, -0.1) is 0 Å². The maximum Gasteiger partial charge on any atom is 0.316 e. The number of phenolic OH excluding ortho intramolecular Hbond substituents is 1. The molecule has 1 aromatic carbocycles. The average molecular weight is 384 g/mol. The number of hydrogen-bond acceptors (Lipinski definition) is 7. The third-order valence-electron chi connectivity index (χ3n) is 3.94. The zero-order valence-corrected chi connectivity index (χ0v) is 16.9. The molecule has 0 radical (unpaired) electrons. The Labute approximate surface area is 161 Å². The summed E-state index contributed by atoms with van der Waals surface area (Å²) in [6, 6.07) is 4.45. The van der Waals surface area contributed by atoms with Crippen LogP contribution in [-0.2, 0) is 19.0 Å². The summed E-state index contributed by atoms with van der Waals surface area (Å²) in [6.45, 7) is 10.7. The van der Waals surface area contributed by atoms with Gasteiger partial charge in [0.05, 0.1) is 24.7 Å². The lowest BCUT2D eigenvalue weighted by Gasteiger charge is -2.20. The van der Waals surface area contributed by atoms with Crippen molar-refractivity contribution >= 4 is 5.97 Å². The number of rotatable bonds is 13. The van der Waals surface area contributed by atoms with E-state index in [9.17, 15) is 9.90 Å². The highest BCUT2D eigenvalue weighted by molar-refractivity contribution is 5.78. The van der Waals surface area contributed by atoms with E-state index < -0.39 is 5.41 Å². The Morgan fingerprint density at radius 1 is 1.15 bits per heavy atom. The Hall–Kier alpha value is -1.83. The molecule has 0 bridgehead atoms. The molecule has 0 spiro atoms. The monoisotopic (exact) mass is 384 g/mol. The molecule has 0 aliphatic heterocycles. The van der Waals surface area contributed by atoms with Crippen LogP contribution in [0.3, 0.4) is 0 Å². The van der Waals surface area contributed by atoms with Crippen LogP contribution in [-0.4, -0.2) is 44.0 Å². The molecule has 0 heterocycles. The van der Waals surface area contributed by atoms with E-state index in [1.54, 1.807) is 6.07 Å². The SMILES string of the molecule is CCC(C)(C)C(=O)Oc1ccc(OCOCCCOCOC(C)C)c(O)c1. The molecule has 27 heavy (non-hydrogen) atoms. The molecular formula is C20H32O7. The molecule has 0 fully saturated rings. The van der Waals surface area contributed by atoms with E-state index in [2.05, 4.69) is 0 Å². The molecule has 1 aromatic rings. The highest BCUT2D eigenvalue weighted by Gasteiger charge is 2.27. The molecule has 1 rings (SSSR count). The van der Waals surface area contributed by atoms with Gasteiger partial charge in [-0.3, -0.25) is 4.79 Å². The van der Waals surface area contributed by atoms with Gasteiger partial charge in [-0.2, -0.15) is 0 Å². The minimum absolute atomic E-state index is 0.00193. The van der Waals surface area contributed by atoms with E-state index in [1.807, 2.05) is 34.6 Å². The number of ether oxygens (including phenoxy) is 5. The molecule has 0 amide bonds. The molecule has 0 aliphatic rings. The first-order chi connectivity index (χ1) is 12.8. The number of phenols is 1. The number of carbonyl (C=O) groups excluding carboxylic acids is 1. The Morgan fingerprint density at radius 3 is 2.41 bits per heavy atom. The number of hydrogen-bond donors (Lipinski definition) is 1. The van der Waals surface area contributed by atoms with Crippen molar-refractivity contribution in [1.82, 2.24) is 0 Å². The lowest BCUT2D eigenvalue weighted by atomic mass is 9.91. The van der Waals surface area contributed by atoms with E-state index in [-0.39, 0.29) is 42.9 Å². The summed E-state index contributed by atoms with van der Waals surface area (Å²) in [4.78, 5) is 12.1. The first-order valence-electron chi connectivity index (χ1n) is 9.21. The minimum Gasteiger partial charge on any atom is -0.504 e. The van der Waals surface area contributed by atoms with Gasteiger partial charge >= 0.3 is 5.97 Å². The Morgan fingerprint density at radius 2 is 1.81 bits per heavy atom. The normalized spacial score (nSPS) is 11.6. The first kappa shape index (κ1) is 23.2. The second kappa shape index (κ2) is 11.8. The fourth-order valence-corrected chi connectivity index (χ4v) is 1.74. The lowest BCUT2D eigenvalue weighted by Crippen LogP contribution is -2.28. The van der Waals surface area contributed by atoms with Crippen LogP contribution in [0.1, 0.15) is 47.5 Å². The van der Waals surface area contributed by atoms with Gasteiger partial charge in [-0.05, 0) is 52.7 Å². The molecule has 154 valence electrons. The second-order valence-electron chi connectivity index (χ2n) is 7.02. The molecule has 0 saturated carbocycles. The van der Waals surface area contributed by atoms with Crippen LogP contribution in [0.4, 0.5) is 0 Å². The van der Waals surface area contributed by atoms with E-state index in [0.717, 1.165) is 0 Å². The standard InChI is InChI=1S/C20H32O7/c1-6-20(4,5)19(22)27-16-8-9-18(17(21)12-16)26-14-24-11-7-10-23-13-25-15(2)3/h8-9,12,15,21H,6-7,10-11,13-14H2,1-5H3. The molecule has 1 N–H and O–H groups in total. The van der Waals surface area contributed by atoms with Crippen molar-refractivity contribution in [3.63, 3.8) is 0 Å². The average Bonchev–Trinajstić information content (AvgIpc) is 2.61. The van der Waals surface area contributed by atoms with Gasteiger partial charge in [0, 0.05) is 6.07 Å². The van der Waals surface area contributed by atoms with E-state index in [0.29, 0.717) is 26.1 Å². The number of carbonyl (C=O) groups is 1. The van der Waals surface area contributed by atoms with Crippen molar-refractivity contribution in [3.05, 3.63) is 18.2 Å². The van der Waals surface area contributed by atoms with Crippen LogP contribution in [0.15, 0.2) is 18.2 Å². The summed E-state index contributed by atoms with van der Waals surface area (Å²) < 4.78 is 26.5. The topological polar surface area (TPSA) is 83.5 Å². The van der Waals surface area contributed by atoms with Crippen LogP contribution >= 0.6 is 0 Å². The van der Waals surface area contributed by atoms with Crippen molar-refractivity contribution in [2.24, 2.45) is 5.41 Å². The van der Waals surface area contributed by atoms with Crippen LogP contribution in [0, 0.1) is 5.41 Å². The van der Waals surface area contributed by atoms with Gasteiger partial charge in [0.2, 0.25) is 0 Å². The van der Waals surface area contributed by atoms with Crippen molar-refractivity contribution in [1.29, 1.82) is 0 Å². The fraction of sp³-hybridized carbons (Fsp3) is 0.650. The van der Waals surface area contributed by atoms with E-state index >= 15 is 0 Å². The third-order valence-corrected chi connectivity index (χ3v) is 3.94. The van der Waals surface area contributed by atoms with Gasteiger partial charge in [0.25, 0.3) is 0 Å². The summed E-state index contributed by atoms with van der Waals surface area (Å²) in [5.41, 5.74) is -0.580. The Balaban J connectivity index is 2.28. The molecule has 0 aliphatic carbocycles. The number of aromatic hydroxyl groups is 1. The largest absolute Gasteiger partial charge is 0.504 e. The predicted octanol–water partition coefficient (Wildman–Crippen LogP) is 3.88. The number of benzene rings is 1. The maximum absolute atomic E-state index is 12.1. The zero-order chi connectivity index (χ0) is 20.3.